The topological polar surface area (TPSA) is 134 Å². The zero-order chi connectivity index (χ0) is 27.6. The van der Waals surface area contributed by atoms with Crippen LogP contribution in [0.1, 0.15) is 129 Å². The minimum absolute atomic E-state index is 0.0564. The number of ether oxygens (including phenoxy) is 2. The van der Waals surface area contributed by atoms with E-state index < -0.39 is 26.5 Å². The van der Waals surface area contributed by atoms with Gasteiger partial charge in [-0.25, -0.2) is 4.57 Å². The van der Waals surface area contributed by atoms with Crippen LogP contribution in [0.4, 0.5) is 0 Å². The van der Waals surface area contributed by atoms with E-state index >= 15 is 0 Å². The van der Waals surface area contributed by atoms with Crippen LogP contribution in [-0.2, 0) is 32.7 Å². The van der Waals surface area contributed by atoms with E-state index in [2.05, 4.69) is 13.8 Å². The Morgan fingerprint density at radius 2 is 1.16 bits per heavy atom. The van der Waals surface area contributed by atoms with Crippen molar-refractivity contribution >= 4 is 19.8 Å². The maximum absolute atomic E-state index is 12.2. The van der Waals surface area contributed by atoms with Gasteiger partial charge in [0.05, 0.1) is 13.2 Å². The SMILES string of the molecule is CCCCCCCCCCCCCCC(=O)OC[C@H](COP(=O)(O)OCCN)OC(=O)CCCCCC. The molecule has 0 amide bonds. The lowest BCUT2D eigenvalue weighted by atomic mass is 10.0. The molecular formula is C27H54NO8P. The summed E-state index contributed by atoms with van der Waals surface area (Å²) in [6.45, 7) is 3.56. The second kappa shape index (κ2) is 25.3. The number of unbranched alkanes of at least 4 members (excludes halogenated alkanes) is 14. The number of rotatable bonds is 27. The third kappa shape index (κ3) is 25.1. The van der Waals surface area contributed by atoms with Gasteiger partial charge in [-0.1, -0.05) is 104 Å². The number of esters is 2. The Labute approximate surface area is 225 Å². The van der Waals surface area contributed by atoms with Gasteiger partial charge in [-0.15, -0.1) is 0 Å². The van der Waals surface area contributed by atoms with Gasteiger partial charge in [0.2, 0.25) is 0 Å². The summed E-state index contributed by atoms with van der Waals surface area (Å²) in [6, 6.07) is 0. The number of phosphoric acid groups is 1. The summed E-state index contributed by atoms with van der Waals surface area (Å²) in [4.78, 5) is 34.0. The van der Waals surface area contributed by atoms with Crippen molar-refractivity contribution in [3.63, 3.8) is 0 Å². The molecule has 0 fully saturated rings. The van der Waals surface area contributed by atoms with Gasteiger partial charge in [-0.2, -0.15) is 0 Å². The number of nitrogens with two attached hydrogens (primary N) is 1. The number of carbonyl (C=O) groups excluding carboxylic acids is 2. The average Bonchev–Trinajstić information content (AvgIpc) is 2.87. The van der Waals surface area contributed by atoms with Crippen molar-refractivity contribution in [1.29, 1.82) is 0 Å². The molecule has 0 heterocycles. The molecule has 0 aliphatic heterocycles. The van der Waals surface area contributed by atoms with Crippen LogP contribution in [0.2, 0.25) is 0 Å². The second-order valence-electron chi connectivity index (χ2n) is 9.63. The average molecular weight is 552 g/mol. The third-order valence-electron chi connectivity index (χ3n) is 5.99. The lowest BCUT2D eigenvalue weighted by Crippen LogP contribution is -2.29. The molecule has 0 aromatic carbocycles. The van der Waals surface area contributed by atoms with E-state index in [0.29, 0.717) is 6.42 Å². The van der Waals surface area contributed by atoms with Crippen LogP contribution in [0, 0.1) is 0 Å². The fourth-order valence-corrected chi connectivity index (χ4v) is 4.57. The van der Waals surface area contributed by atoms with E-state index in [-0.39, 0.29) is 38.6 Å². The normalized spacial score (nSPS) is 13.7. The van der Waals surface area contributed by atoms with Crippen LogP contribution in [0.25, 0.3) is 0 Å². The van der Waals surface area contributed by atoms with Crippen LogP contribution in [-0.4, -0.2) is 49.3 Å². The van der Waals surface area contributed by atoms with E-state index in [4.69, 9.17) is 24.3 Å². The molecule has 0 saturated heterocycles. The van der Waals surface area contributed by atoms with Crippen LogP contribution in [0.3, 0.4) is 0 Å². The van der Waals surface area contributed by atoms with Gasteiger partial charge in [-0.3, -0.25) is 18.6 Å². The van der Waals surface area contributed by atoms with E-state index in [0.717, 1.165) is 38.5 Å². The lowest BCUT2D eigenvalue weighted by molar-refractivity contribution is -0.161. The van der Waals surface area contributed by atoms with Crippen molar-refractivity contribution in [3.05, 3.63) is 0 Å². The van der Waals surface area contributed by atoms with Crippen molar-refractivity contribution in [2.45, 2.75) is 136 Å². The second-order valence-corrected chi connectivity index (χ2v) is 11.1. The summed E-state index contributed by atoms with van der Waals surface area (Å²) in [5.74, 6) is -0.847. The first-order valence-corrected chi connectivity index (χ1v) is 16.0. The molecule has 1 unspecified atom stereocenters. The predicted molar refractivity (Wildman–Crippen MR) is 146 cm³/mol. The molecule has 0 aliphatic rings. The molecule has 0 aliphatic carbocycles. The Morgan fingerprint density at radius 1 is 0.703 bits per heavy atom. The number of carbonyl (C=O) groups is 2. The van der Waals surface area contributed by atoms with Crippen LogP contribution in [0.15, 0.2) is 0 Å². The molecular weight excluding hydrogens is 497 g/mol. The summed E-state index contributed by atoms with van der Waals surface area (Å²) in [5.41, 5.74) is 5.27. The van der Waals surface area contributed by atoms with Crippen LogP contribution in [0.5, 0.6) is 0 Å². The Kier molecular flexibility index (Phi) is 24.6. The summed E-state index contributed by atoms with van der Waals surface area (Å²) in [5, 5.41) is 0. The highest BCUT2D eigenvalue weighted by molar-refractivity contribution is 7.47. The molecule has 0 aromatic rings. The third-order valence-corrected chi connectivity index (χ3v) is 6.98. The minimum atomic E-state index is -4.34. The Balaban J connectivity index is 4.19. The first-order chi connectivity index (χ1) is 17.8. The molecule has 37 heavy (non-hydrogen) atoms. The van der Waals surface area contributed by atoms with Gasteiger partial charge in [0.1, 0.15) is 6.61 Å². The smallest absolute Gasteiger partial charge is 0.462 e. The number of hydrogen-bond donors (Lipinski definition) is 2. The van der Waals surface area contributed by atoms with Crippen molar-refractivity contribution in [2.24, 2.45) is 5.73 Å². The maximum Gasteiger partial charge on any atom is 0.472 e. The van der Waals surface area contributed by atoms with Gasteiger partial charge in [0.25, 0.3) is 0 Å². The van der Waals surface area contributed by atoms with Gasteiger partial charge < -0.3 is 20.1 Å². The van der Waals surface area contributed by atoms with Gasteiger partial charge >= 0.3 is 19.8 Å². The van der Waals surface area contributed by atoms with Crippen molar-refractivity contribution < 1.29 is 37.6 Å². The van der Waals surface area contributed by atoms with Crippen molar-refractivity contribution in [3.8, 4) is 0 Å². The zero-order valence-electron chi connectivity index (χ0n) is 23.5. The molecule has 0 aromatic heterocycles. The Bertz CT molecular complexity index is 605. The summed E-state index contributed by atoms with van der Waals surface area (Å²) < 4.78 is 32.1. The highest BCUT2D eigenvalue weighted by atomic mass is 31.2. The molecule has 220 valence electrons. The van der Waals surface area contributed by atoms with Crippen molar-refractivity contribution in [2.75, 3.05) is 26.4 Å². The fourth-order valence-electron chi connectivity index (χ4n) is 3.81. The predicted octanol–water partition coefficient (Wildman–Crippen LogP) is 6.60. The molecule has 2 atom stereocenters. The van der Waals surface area contributed by atoms with E-state index in [1.54, 1.807) is 0 Å². The monoisotopic (exact) mass is 551 g/mol. The van der Waals surface area contributed by atoms with Crippen LogP contribution >= 0.6 is 7.82 Å². The molecule has 0 saturated carbocycles. The van der Waals surface area contributed by atoms with Gasteiger partial charge in [0.15, 0.2) is 6.10 Å². The fraction of sp³-hybridized carbons (Fsp3) is 0.926. The van der Waals surface area contributed by atoms with Gasteiger partial charge in [-0.05, 0) is 12.8 Å². The summed E-state index contributed by atoms with van der Waals surface area (Å²) in [7, 11) is -4.34. The maximum atomic E-state index is 12.2. The summed E-state index contributed by atoms with van der Waals surface area (Å²) in [6.07, 6.45) is 17.7. The van der Waals surface area contributed by atoms with E-state index in [1.165, 1.54) is 57.8 Å². The van der Waals surface area contributed by atoms with E-state index in [1.807, 2.05) is 0 Å². The molecule has 9 nitrogen and oxygen atoms in total. The first-order valence-electron chi connectivity index (χ1n) is 14.5. The lowest BCUT2D eigenvalue weighted by Gasteiger charge is -2.19. The standard InChI is InChI=1S/C27H54NO8P/c1-3-5-7-9-10-11-12-13-14-15-16-18-19-26(29)33-23-25(24-35-37(31,32)34-22-21-28)36-27(30)20-17-8-6-4-2/h25H,3-24,28H2,1-2H3,(H,31,32)/t25-/m1/s1. The highest BCUT2D eigenvalue weighted by Crippen LogP contribution is 2.43. The van der Waals surface area contributed by atoms with E-state index in [9.17, 15) is 19.0 Å². The molecule has 0 radical (unpaired) electrons. The molecule has 0 spiro atoms. The summed E-state index contributed by atoms with van der Waals surface area (Å²) >= 11 is 0. The Morgan fingerprint density at radius 3 is 1.68 bits per heavy atom. The molecule has 0 bridgehead atoms. The molecule has 0 rings (SSSR count). The van der Waals surface area contributed by atoms with Crippen LogP contribution < -0.4 is 5.73 Å². The minimum Gasteiger partial charge on any atom is -0.462 e. The molecule has 10 heteroatoms. The number of phosphoric ester groups is 1. The molecule has 3 N–H and O–H groups in total. The quantitative estimate of drug-likeness (QED) is 0.0658. The zero-order valence-corrected chi connectivity index (χ0v) is 24.4. The first kappa shape index (κ1) is 36.0. The largest absolute Gasteiger partial charge is 0.472 e. The Hall–Kier alpha value is -0.990. The number of hydrogen-bond acceptors (Lipinski definition) is 8. The van der Waals surface area contributed by atoms with Crippen molar-refractivity contribution in [1.82, 2.24) is 0 Å². The highest BCUT2D eigenvalue weighted by Gasteiger charge is 2.25. The van der Waals surface area contributed by atoms with Gasteiger partial charge in [0, 0.05) is 19.4 Å².